The van der Waals surface area contributed by atoms with E-state index in [1.807, 2.05) is 36.5 Å². The summed E-state index contributed by atoms with van der Waals surface area (Å²) in [6, 6.07) is 9.46. The van der Waals surface area contributed by atoms with Crippen molar-refractivity contribution in [2.24, 2.45) is 21.6 Å². The van der Waals surface area contributed by atoms with Crippen molar-refractivity contribution in [2.75, 3.05) is 0 Å². The lowest BCUT2D eigenvalue weighted by molar-refractivity contribution is 0.168. The quantitative estimate of drug-likeness (QED) is 0.746. The molecule has 1 aromatic carbocycles. The molecule has 0 N–H and O–H groups in total. The van der Waals surface area contributed by atoms with Gasteiger partial charge < -0.3 is 0 Å². The number of rotatable bonds is 3. The topological polar surface area (TPSA) is 29.4 Å². The van der Waals surface area contributed by atoms with Gasteiger partial charge in [0.15, 0.2) is 11.0 Å². The molecule has 0 aliphatic heterocycles. The van der Waals surface area contributed by atoms with Crippen molar-refractivity contribution in [3.05, 3.63) is 30.3 Å². The normalized spacial score (nSPS) is 25.8. The molecule has 0 unspecified atom stereocenters. The molecule has 0 saturated heterocycles. The summed E-state index contributed by atoms with van der Waals surface area (Å²) in [6.07, 6.45) is 6.81. The van der Waals surface area contributed by atoms with Crippen molar-refractivity contribution in [2.45, 2.75) is 51.3 Å². The summed E-state index contributed by atoms with van der Waals surface area (Å²) in [5.41, 5.74) is 0.412. The lowest BCUT2D eigenvalue weighted by Crippen LogP contribution is -2.26. The average molecular weight is 291 g/mol. The van der Waals surface area contributed by atoms with Gasteiger partial charge in [-0.25, -0.2) is 4.21 Å². The Morgan fingerprint density at radius 2 is 1.70 bits per heavy atom. The molecular formula is C17H25NOS. The van der Waals surface area contributed by atoms with E-state index in [1.54, 1.807) is 0 Å². The first kappa shape index (κ1) is 15.4. The van der Waals surface area contributed by atoms with Gasteiger partial charge in [0.2, 0.25) is 0 Å². The lowest BCUT2D eigenvalue weighted by atomic mass is 9.70. The Balaban J connectivity index is 1.87. The van der Waals surface area contributed by atoms with Crippen LogP contribution in [0.5, 0.6) is 0 Å². The van der Waals surface area contributed by atoms with Gasteiger partial charge in [0.1, 0.15) is 0 Å². The molecule has 1 atom stereocenters. The summed E-state index contributed by atoms with van der Waals surface area (Å²) in [4.78, 5) is 0.784. The molecule has 0 spiro atoms. The predicted molar refractivity (Wildman–Crippen MR) is 86.2 cm³/mol. The van der Waals surface area contributed by atoms with Gasteiger partial charge in [-0.15, -0.1) is 0 Å². The molecule has 0 amide bonds. The number of benzene rings is 1. The van der Waals surface area contributed by atoms with Gasteiger partial charge in [0.05, 0.1) is 4.90 Å². The molecule has 1 aromatic rings. The minimum atomic E-state index is -1.24. The van der Waals surface area contributed by atoms with Gasteiger partial charge in [-0.05, 0) is 55.1 Å². The molecular weight excluding hydrogens is 266 g/mol. The maximum absolute atomic E-state index is 12.0. The van der Waals surface area contributed by atoms with E-state index < -0.39 is 11.0 Å². The minimum absolute atomic E-state index is 0.412. The van der Waals surface area contributed by atoms with Gasteiger partial charge in [-0.1, -0.05) is 39.0 Å². The van der Waals surface area contributed by atoms with Crippen LogP contribution in [-0.2, 0) is 11.0 Å². The predicted octanol–water partition coefficient (Wildman–Crippen LogP) is 4.63. The number of nitrogens with zero attached hydrogens (tertiary/aromatic N) is 1. The Morgan fingerprint density at radius 3 is 2.25 bits per heavy atom. The lowest BCUT2D eigenvalue weighted by Gasteiger charge is -2.35. The van der Waals surface area contributed by atoms with E-state index in [1.165, 1.54) is 25.7 Å². The van der Waals surface area contributed by atoms with Crippen molar-refractivity contribution in [1.82, 2.24) is 0 Å². The van der Waals surface area contributed by atoms with Gasteiger partial charge in [0, 0.05) is 6.21 Å². The first-order valence-electron chi connectivity index (χ1n) is 7.48. The highest BCUT2D eigenvalue weighted by molar-refractivity contribution is 7.83. The summed E-state index contributed by atoms with van der Waals surface area (Å²) in [5, 5.41) is 0. The first-order chi connectivity index (χ1) is 9.47. The van der Waals surface area contributed by atoms with Crippen LogP contribution in [0.25, 0.3) is 0 Å². The minimum Gasteiger partial charge on any atom is -0.230 e. The Kier molecular flexibility index (Phi) is 5.14. The zero-order valence-electron chi connectivity index (χ0n) is 12.7. The third-order valence-electron chi connectivity index (χ3n) is 4.31. The maximum atomic E-state index is 12.0. The molecule has 0 radical (unpaired) electrons. The van der Waals surface area contributed by atoms with Gasteiger partial charge in [0.25, 0.3) is 0 Å². The molecule has 110 valence electrons. The highest BCUT2D eigenvalue weighted by atomic mass is 32.2. The second-order valence-electron chi connectivity index (χ2n) is 6.79. The monoisotopic (exact) mass is 291 g/mol. The molecule has 20 heavy (non-hydrogen) atoms. The summed E-state index contributed by atoms with van der Waals surface area (Å²) in [6.45, 7) is 6.99. The molecule has 1 aliphatic carbocycles. The molecule has 3 heteroatoms. The summed E-state index contributed by atoms with van der Waals surface area (Å²) in [5.74, 6) is 1.31. The molecule has 2 rings (SSSR count). The van der Waals surface area contributed by atoms with E-state index in [9.17, 15) is 4.21 Å². The van der Waals surface area contributed by atoms with Crippen molar-refractivity contribution < 1.29 is 4.21 Å². The fourth-order valence-corrected chi connectivity index (χ4v) is 3.67. The molecule has 2 nitrogen and oxygen atoms in total. The zero-order chi connectivity index (χ0) is 14.6. The third kappa shape index (κ3) is 4.27. The van der Waals surface area contributed by atoms with E-state index in [0.29, 0.717) is 11.3 Å². The molecule has 0 aromatic heterocycles. The van der Waals surface area contributed by atoms with E-state index in [0.717, 1.165) is 10.8 Å². The Labute approximate surface area is 125 Å². The Morgan fingerprint density at radius 1 is 1.10 bits per heavy atom. The fourth-order valence-electron chi connectivity index (χ4n) is 2.87. The van der Waals surface area contributed by atoms with Crippen LogP contribution >= 0.6 is 0 Å². The van der Waals surface area contributed by atoms with Crippen molar-refractivity contribution in [1.29, 1.82) is 0 Å². The summed E-state index contributed by atoms with van der Waals surface area (Å²) in [7, 11) is -1.24. The molecule has 1 fully saturated rings. The summed E-state index contributed by atoms with van der Waals surface area (Å²) < 4.78 is 16.3. The van der Waals surface area contributed by atoms with E-state index in [4.69, 9.17) is 0 Å². The number of hydrogen-bond acceptors (Lipinski definition) is 1. The van der Waals surface area contributed by atoms with E-state index in [2.05, 4.69) is 25.2 Å². The Bertz CT molecular complexity index is 468. The standard InChI is InChI=1S/C17H25NOS/c1-17(2,3)15-11-9-14(10-12-15)13-18-20(19)16-7-5-4-6-8-16/h4-8,13-15H,9-12H2,1-3H3/b18-13+/t14?,15?,20-/m0/s1. The van der Waals surface area contributed by atoms with E-state index in [-0.39, 0.29) is 0 Å². The average Bonchev–Trinajstić information content (AvgIpc) is 2.45. The fraction of sp³-hybridized carbons (Fsp3) is 0.588. The zero-order valence-corrected chi connectivity index (χ0v) is 13.5. The van der Waals surface area contributed by atoms with E-state index >= 15 is 0 Å². The second kappa shape index (κ2) is 6.66. The van der Waals surface area contributed by atoms with Crippen LogP contribution < -0.4 is 0 Å². The molecule has 0 heterocycles. The van der Waals surface area contributed by atoms with Crippen LogP contribution in [0.1, 0.15) is 46.5 Å². The largest absolute Gasteiger partial charge is 0.230 e. The Hall–Kier alpha value is -0.960. The van der Waals surface area contributed by atoms with Crippen LogP contribution in [0.2, 0.25) is 0 Å². The van der Waals surface area contributed by atoms with Crippen molar-refractivity contribution >= 4 is 17.2 Å². The first-order valence-corrected chi connectivity index (χ1v) is 8.58. The second-order valence-corrected chi connectivity index (χ2v) is 7.97. The highest BCUT2D eigenvalue weighted by Gasteiger charge is 2.29. The third-order valence-corrected chi connectivity index (χ3v) is 5.30. The van der Waals surface area contributed by atoms with Gasteiger partial charge >= 0.3 is 0 Å². The number of hydrogen-bond donors (Lipinski definition) is 0. The molecule has 1 saturated carbocycles. The molecule has 0 bridgehead atoms. The van der Waals surface area contributed by atoms with Crippen LogP contribution in [0.15, 0.2) is 39.6 Å². The van der Waals surface area contributed by atoms with Crippen molar-refractivity contribution in [3.63, 3.8) is 0 Å². The van der Waals surface area contributed by atoms with Gasteiger partial charge in [-0.2, -0.15) is 4.40 Å². The molecule has 1 aliphatic rings. The highest BCUT2D eigenvalue weighted by Crippen LogP contribution is 2.39. The van der Waals surface area contributed by atoms with Crippen LogP contribution in [0, 0.1) is 17.3 Å². The smallest absolute Gasteiger partial charge is 0.172 e. The van der Waals surface area contributed by atoms with Crippen LogP contribution in [-0.4, -0.2) is 10.4 Å². The van der Waals surface area contributed by atoms with Crippen LogP contribution in [0.4, 0.5) is 0 Å². The SMILES string of the molecule is CC(C)(C)C1CCC(/C=N/[S@@](=O)c2ccccc2)CC1. The van der Waals surface area contributed by atoms with Gasteiger partial charge in [-0.3, -0.25) is 0 Å². The summed E-state index contributed by atoms with van der Waals surface area (Å²) >= 11 is 0. The van der Waals surface area contributed by atoms with Crippen LogP contribution in [0.3, 0.4) is 0 Å². The maximum Gasteiger partial charge on any atom is 0.172 e. The van der Waals surface area contributed by atoms with Crippen molar-refractivity contribution in [3.8, 4) is 0 Å².